The van der Waals surface area contributed by atoms with Crippen LogP contribution in [0.3, 0.4) is 0 Å². The summed E-state index contributed by atoms with van der Waals surface area (Å²) in [6.07, 6.45) is 4.38. The van der Waals surface area contributed by atoms with Crippen molar-refractivity contribution in [3.63, 3.8) is 0 Å². The van der Waals surface area contributed by atoms with E-state index in [0.717, 1.165) is 11.1 Å². The summed E-state index contributed by atoms with van der Waals surface area (Å²) >= 11 is 6.02. The van der Waals surface area contributed by atoms with Gasteiger partial charge in [0.1, 0.15) is 0 Å². The SMILES string of the molecule is O=C(O)C(CCc1ccncc1Cl)c1ccccc1. The van der Waals surface area contributed by atoms with E-state index in [0.29, 0.717) is 17.9 Å². The summed E-state index contributed by atoms with van der Waals surface area (Å²) in [6.45, 7) is 0. The molecule has 0 aliphatic carbocycles. The minimum Gasteiger partial charge on any atom is -0.481 e. The number of halogens is 1. The van der Waals surface area contributed by atoms with Gasteiger partial charge in [0, 0.05) is 12.4 Å². The first-order valence-electron chi connectivity index (χ1n) is 6.04. The van der Waals surface area contributed by atoms with Crippen LogP contribution in [-0.2, 0) is 11.2 Å². The second kappa shape index (κ2) is 6.34. The van der Waals surface area contributed by atoms with Gasteiger partial charge in [-0.3, -0.25) is 9.78 Å². The zero-order valence-electron chi connectivity index (χ0n) is 10.3. The number of carbonyl (C=O) groups is 1. The van der Waals surface area contributed by atoms with Crippen molar-refractivity contribution in [2.75, 3.05) is 0 Å². The second-order valence-electron chi connectivity index (χ2n) is 4.31. The van der Waals surface area contributed by atoms with Crippen molar-refractivity contribution in [2.24, 2.45) is 0 Å². The molecule has 2 aromatic rings. The number of benzene rings is 1. The Kier molecular flexibility index (Phi) is 4.53. The van der Waals surface area contributed by atoms with E-state index >= 15 is 0 Å². The lowest BCUT2D eigenvalue weighted by molar-refractivity contribution is -0.138. The van der Waals surface area contributed by atoms with Crippen molar-refractivity contribution in [3.05, 3.63) is 64.9 Å². The highest BCUT2D eigenvalue weighted by atomic mass is 35.5. The van der Waals surface area contributed by atoms with E-state index in [4.69, 9.17) is 11.6 Å². The van der Waals surface area contributed by atoms with Crippen LogP contribution in [0.15, 0.2) is 48.8 Å². The molecule has 98 valence electrons. The van der Waals surface area contributed by atoms with Crippen molar-refractivity contribution in [1.82, 2.24) is 4.98 Å². The molecule has 1 aromatic heterocycles. The maximum atomic E-state index is 11.4. The Labute approximate surface area is 116 Å². The van der Waals surface area contributed by atoms with Gasteiger partial charge in [-0.25, -0.2) is 0 Å². The fourth-order valence-electron chi connectivity index (χ4n) is 2.02. The van der Waals surface area contributed by atoms with Crippen LogP contribution in [0.5, 0.6) is 0 Å². The van der Waals surface area contributed by atoms with Crippen LogP contribution in [0, 0.1) is 0 Å². The zero-order chi connectivity index (χ0) is 13.7. The Morgan fingerprint density at radius 2 is 2.00 bits per heavy atom. The van der Waals surface area contributed by atoms with E-state index < -0.39 is 11.9 Å². The van der Waals surface area contributed by atoms with Crippen LogP contribution in [0.25, 0.3) is 0 Å². The molecule has 1 heterocycles. The smallest absolute Gasteiger partial charge is 0.310 e. The molecule has 1 N–H and O–H groups in total. The number of rotatable bonds is 5. The quantitative estimate of drug-likeness (QED) is 0.908. The van der Waals surface area contributed by atoms with E-state index in [9.17, 15) is 9.90 Å². The highest BCUT2D eigenvalue weighted by molar-refractivity contribution is 6.31. The monoisotopic (exact) mass is 275 g/mol. The van der Waals surface area contributed by atoms with E-state index in [2.05, 4.69) is 4.98 Å². The van der Waals surface area contributed by atoms with E-state index in [-0.39, 0.29) is 0 Å². The molecule has 0 radical (unpaired) electrons. The predicted octanol–water partition coefficient (Wildman–Crippen LogP) is 3.54. The van der Waals surface area contributed by atoms with Gasteiger partial charge in [-0.1, -0.05) is 41.9 Å². The standard InChI is InChI=1S/C15H14ClNO2/c16-14-10-17-9-8-12(14)6-7-13(15(18)19)11-4-2-1-3-5-11/h1-5,8-10,13H,6-7H2,(H,18,19). The summed E-state index contributed by atoms with van der Waals surface area (Å²) < 4.78 is 0. The third-order valence-corrected chi connectivity index (χ3v) is 3.40. The maximum absolute atomic E-state index is 11.4. The predicted molar refractivity (Wildman–Crippen MR) is 74.4 cm³/mol. The summed E-state index contributed by atoms with van der Waals surface area (Å²) in [6, 6.07) is 11.1. The number of aryl methyl sites for hydroxylation is 1. The van der Waals surface area contributed by atoms with Gasteiger partial charge in [-0.2, -0.15) is 0 Å². The number of hydrogen-bond donors (Lipinski definition) is 1. The van der Waals surface area contributed by atoms with Crippen LogP contribution in [0.1, 0.15) is 23.5 Å². The van der Waals surface area contributed by atoms with Gasteiger partial charge >= 0.3 is 5.97 Å². The molecular weight excluding hydrogens is 262 g/mol. The molecule has 1 aromatic carbocycles. The summed E-state index contributed by atoms with van der Waals surface area (Å²) in [7, 11) is 0. The van der Waals surface area contributed by atoms with Crippen LogP contribution >= 0.6 is 11.6 Å². The number of aliphatic carboxylic acids is 1. The number of carboxylic acid groups (broad SMARTS) is 1. The molecule has 0 aliphatic rings. The van der Waals surface area contributed by atoms with Gasteiger partial charge in [-0.15, -0.1) is 0 Å². The topological polar surface area (TPSA) is 50.2 Å². The molecule has 4 heteroatoms. The van der Waals surface area contributed by atoms with Gasteiger partial charge in [0.15, 0.2) is 0 Å². The van der Waals surface area contributed by atoms with Crippen molar-refractivity contribution in [1.29, 1.82) is 0 Å². The van der Waals surface area contributed by atoms with E-state index in [1.54, 1.807) is 12.4 Å². The molecule has 3 nitrogen and oxygen atoms in total. The average Bonchev–Trinajstić information content (AvgIpc) is 2.42. The van der Waals surface area contributed by atoms with E-state index in [1.165, 1.54) is 0 Å². The number of nitrogens with zero attached hydrogens (tertiary/aromatic N) is 1. The minimum atomic E-state index is -0.809. The van der Waals surface area contributed by atoms with Crippen molar-refractivity contribution in [3.8, 4) is 0 Å². The van der Waals surface area contributed by atoms with Crippen LogP contribution < -0.4 is 0 Å². The average molecular weight is 276 g/mol. The summed E-state index contributed by atoms with van der Waals surface area (Å²) in [5.74, 6) is -1.32. The Morgan fingerprint density at radius 3 is 2.63 bits per heavy atom. The maximum Gasteiger partial charge on any atom is 0.310 e. The molecule has 0 bridgehead atoms. The molecule has 1 unspecified atom stereocenters. The molecule has 0 spiro atoms. The summed E-state index contributed by atoms with van der Waals surface area (Å²) in [4.78, 5) is 15.3. The fourth-order valence-corrected chi connectivity index (χ4v) is 2.24. The van der Waals surface area contributed by atoms with Gasteiger partial charge in [0.2, 0.25) is 0 Å². The normalized spacial score (nSPS) is 12.1. The lowest BCUT2D eigenvalue weighted by Gasteiger charge is -2.13. The molecule has 1 atom stereocenters. The third-order valence-electron chi connectivity index (χ3n) is 3.06. The molecule has 0 aliphatic heterocycles. The first-order valence-corrected chi connectivity index (χ1v) is 6.42. The molecule has 0 amide bonds. The van der Waals surface area contributed by atoms with Crippen LogP contribution in [0.4, 0.5) is 0 Å². The molecular formula is C15H14ClNO2. The highest BCUT2D eigenvalue weighted by Crippen LogP contribution is 2.24. The van der Waals surface area contributed by atoms with Crippen molar-refractivity contribution in [2.45, 2.75) is 18.8 Å². The van der Waals surface area contributed by atoms with Gasteiger partial charge < -0.3 is 5.11 Å². The van der Waals surface area contributed by atoms with Crippen molar-refractivity contribution < 1.29 is 9.90 Å². The molecule has 0 fully saturated rings. The Bertz CT molecular complexity index is 557. The fraction of sp³-hybridized carbons (Fsp3) is 0.200. The molecule has 0 saturated carbocycles. The van der Waals surface area contributed by atoms with Gasteiger partial charge in [-0.05, 0) is 30.0 Å². The van der Waals surface area contributed by atoms with E-state index in [1.807, 2.05) is 36.4 Å². The molecule has 0 saturated heterocycles. The van der Waals surface area contributed by atoms with Crippen molar-refractivity contribution >= 4 is 17.6 Å². The lowest BCUT2D eigenvalue weighted by Crippen LogP contribution is -2.12. The number of aromatic nitrogens is 1. The van der Waals surface area contributed by atoms with Crippen LogP contribution in [0.2, 0.25) is 5.02 Å². The first kappa shape index (κ1) is 13.6. The summed E-state index contributed by atoms with van der Waals surface area (Å²) in [5.41, 5.74) is 1.75. The first-order chi connectivity index (χ1) is 9.18. The second-order valence-corrected chi connectivity index (χ2v) is 4.71. The molecule has 2 rings (SSSR count). The Hall–Kier alpha value is -1.87. The summed E-state index contributed by atoms with van der Waals surface area (Å²) in [5, 5.41) is 9.91. The zero-order valence-corrected chi connectivity index (χ0v) is 11.0. The lowest BCUT2D eigenvalue weighted by atomic mass is 9.93. The Balaban J connectivity index is 2.11. The highest BCUT2D eigenvalue weighted by Gasteiger charge is 2.19. The third kappa shape index (κ3) is 3.55. The minimum absolute atomic E-state index is 0.509. The Morgan fingerprint density at radius 1 is 1.26 bits per heavy atom. The largest absolute Gasteiger partial charge is 0.481 e. The number of carboxylic acids is 1. The van der Waals surface area contributed by atoms with Gasteiger partial charge in [0.25, 0.3) is 0 Å². The van der Waals surface area contributed by atoms with Gasteiger partial charge in [0.05, 0.1) is 10.9 Å². The van der Waals surface area contributed by atoms with Crippen LogP contribution in [-0.4, -0.2) is 16.1 Å². The number of pyridine rings is 1. The molecule has 19 heavy (non-hydrogen) atoms. The number of hydrogen-bond acceptors (Lipinski definition) is 2.